The van der Waals surface area contributed by atoms with Crippen LogP contribution in [0.4, 0.5) is 0 Å². The van der Waals surface area contributed by atoms with E-state index in [0.29, 0.717) is 0 Å². The van der Waals surface area contributed by atoms with E-state index in [-0.39, 0.29) is 6.61 Å². The topological polar surface area (TPSA) is 43.0 Å². The maximum atomic E-state index is 9.41. The Hall–Kier alpha value is -2.33. The Morgan fingerprint density at radius 1 is 1.00 bits per heavy atom. The van der Waals surface area contributed by atoms with Gasteiger partial charge in [0.25, 0.3) is 0 Å². The summed E-state index contributed by atoms with van der Waals surface area (Å²) in [6.07, 6.45) is 5.58. The highest BCUT2D eigenvalue weighted by atomic mass is 16.3. The van der Waals surface area contributed by atoms with Gasteiger partial charge in [-0.25, -0.2) is 4.68 Å². The molecule has 0 atom stereocenters. The summed E-state index contributed by atoms with van der Waals surface area (Å²) >= 11 is 0. The number of aromatic nitrogens is 3. The van der Waals surface area contributed by atoms with Gasteiger partial charge in [0, 0.05) is 18.0 Å². The van der Waals surface area contributed by atoms with Gasteiger partial charge in [-0.3, -0.25) is 0 Å². The van der Waals surface area contributed by atoms with E-state index in [2.05, 4.69) is 5.10 Å². The average Bonchev–Trinajstić information content (AvgIpc) is 3.08. The van der Waals surface area contributed by atoms with Crippen molar-refractivity contribution < 1.29 is 5.11 Å². The molecule has 90 valence electrons. The maximum Gasteiger partial charge on any atom is 0.145 e. The summed E-state index contributed by atoms with van der Waals surface area (Å²) in [5.41, 5.74) is 1.77. The Balaban J connectivity index is 2.20. The number of rotatable bonds is 3. The highest BCUT2D eigenvalue weighted by Crippen LogP contribution is 2.19. The Bertz CT molecular complexity index is 626. The zero-order chi connectivity index (χ0) is 12.4. The molecule has 0 bridgehead atoms. The first-order chi connectivity index (χ1) is 8.90. The van der Waals surface area contributed by atoms with Gasteiger partial charge in [-0.2, -0.15) is 5.10 Å². The van der Waals surface area contributed by atoms with E-state index in [1.165, 1.54) is 0 Å². The lowest BCUT2D eigenvalue weighted by Gasteiger charge is -2.09. The first-order valence-electron chi connectivity index (χ1n) is 5.76. The lowest BCUT2D eigenvalue weighted by Crippen LogP contribution is -2.05. The fraction of sp³-hybridized carbons (Fsp3) is 0.0714. The van der Waals surface area contributed by atoms with Crippen LogP contribution in [0.5, 0.6) is 0 Å². The number of aliphatic hydroxyl groups excluding tert-OH is 1. The Kier molecular flexibility index (Phi) is 2.70. The lowest BCUT2D eigenvalue weighted by molar-refractivity contribution is 0.281. The van der Waals surface area contributed by atoms with Gasteiger partial charge in [-0.15, -0.1) is 0 Å². The van der Waals surface area contributed by atoms with Crippen LogP contribution in [-0.4, -0.2) is 19.5 Å². The maximum absolute atomic E-state index is 9.41. The van der Waals surface area contributed by atoms with Crippen molar-refractivity contribution in [1.29, 1.82) is 0 Å². The molecular formula is C14H13N3O. The van der Waals surface area contributed by atoms with Gasteiger partial charge >= 0.3 is 0 Å². The van der Waals surface area contributed by atoms with Gasteiger partial charge in [0.1, 0.15) is 5.82 Å². The second-order valence-electron chi connectivity index (χ2n) is 3.99. The molecule has 0 amide bonds. The molecule has 0 radical (unpaired) electrons. The number of hydrogen-bond donors (Lipinski definition) is 1. The molecule has 0 saturated heterocycles. The van der Waals surface area contributed by atoms with Crippen LogP contribution in [0.2, 0.25) is 0 Å². The highest BCUT2D eigenvalue weighted by Gasteiger charge is 2.12. The van der Waals surface area contributed by atoms with Gasteiger partial charge in [0.2, 0.25) is 0 Å². The van der Waals surface area contributed by atoms with E-state index < -0.39 is 0 Å². The Morgan fingerprint density at radius 2 is 1.72 bits per heavy atom. The molecule has 3 aromatic rings. The normalized spacial score (nSPS) is 10.7. The van der Waals surface area contributed by atoms with Crippen molar-refractivity contribution in [2.45, 2.75) is 6.61 Å². The molecule has 0 saturated carbocycles. The second kappa shape index (κ2) is 4.50. The quantitative estimate of drug-likeness (QED) is 0.761. The van der Waals surface area contributed by atoms with E-state index >= 15 is 0 Å². The SMILES string of the molecule is OCc1cnn(-c2ccccc2)c1-n1cccc1. The fourth-order valence-electron chi connectivity index (χ4n) is 2.00. The summed E-state index contributed by atoms with van der Waals surface area (Å²) in [6, 6.07) is 13.8. The highest BCUT2D eigenvalue weighted by molar-refractivity contribution is 5.42. The summed E-state index contributed by atoms with van der Waals surface area (Å²) in [6.45, 7) is -0.0274. The molecule has 0 unspecified atom stereocenters. The van der Waals surface area contributed by atoms with Crippen LogP contribution in [-0.2, 0) is 6.61 Å². The molecule has 0 aliphatic carbocycles. The molecule has 4 nitrogen and oxygen atoms in total. The molecule has 0 aliphatic rings. The molecule has 2 heterocycles. The first kappa shape index (κ1) is 10.8. The third-order valence-electron chi connectivity index (χ3n) is 2.84. The molecule has 0 spiro atoms. The number of nitrogens with zero attached hydrogens (tertiary/aromatic N) is 3. The second-order valence-corrected chi connectivity index (χ2v) is 3.99. The largest absolute Gasteiger partial charge is 0.391 e. The molecule has 1 N–H and O–H groups in total. The zero-order valence-electron chi connectivity index (χ0n) is 9.77. The van der Waals surface area contributed by atoms with Crippen LogP contribution in [0.3, 0.4) is 0 Å². The summed E-state index contributed by atoms with van der Waals surface area (Å²) in [4.78, 5) is 0. The van der Waals surface area contributed by atoms with E-state index in [1.54, 1.807) is 6.20 Å². The average molecular weight is 239 g/mol. The van der Waals surface area contributed by atoms with Crippen LogP contribution in [0.15, 0.2) is 61.1 Å². The van der Waals surface area contributed by atoms with Gasteiger partial charge in [0.05, 0.1) is 18.5 Å². The Morgan fingerprint density at radius 3 is 2.39 bits per heavy atom. The molecule has 1 aromatic carbocycles. The Labute approximate surface area is 105 Å². The van der Waals surface area contributed by atoms with Gasteiger partial charge in [0.15, 0.2) is 0 Å². The lowest BCUT2D eigenvalue weighted by atomic mass is 10.3. The van der Waals surface area contributed by atoms with Gasteiger partial charge in [-0.05, 0) is 24.3 Å². The number of benzene rings is 1. The van der Waals surface area contributed by atoms with Gasteiger partial charge in [-0.1, -0.05) is 18.2 Å². The third-order valence-corrected chi connectivity index (χ3v) is 2.84. The number of hydrogen-bond acceptors (Lipinski definition) is 2. The monoisotopic (exact) mass is 239 g/mol. The van der Waals surface area contributed by atoms with Crippen molar-refractivity contribution in [3.05, 3.63) is 66.6 Å². The van der Waals surface area contributed by atoms with Crippen molar-refractivity contribution in [2.75, 3.05) is 0 Å². The van der Waals surface area contributed by atoms with E-state index in [4.69, 9.17) is 0 Å². The molecule has 2 aromatic heterocycles. The van der Waals surface area contributed by atoms with E-state index in [9.17, 15) is 5.11 Å². The minimum Gasteiger partial charge on any atom is -0.391 e. The van der Waals surface area contributed by atoms with Crippen LogP contribution < -0.4 is 0 Å². The van der Waals surface area contributed by atoms with Crippen molar-refractivity contribution >= 4 is 0 Å². The van der Waals surface area contributed by atoms with Crippen LogP contribution in [0, 0.1) is 0 Å². The standard InChI is InChI=1S/C14H13N3O/c18-11-12-10-15-17(13-6-2-1-3-7-13)14(12)16-8-4-5-9-16/h1-10,18H,11H2. The van der Waals surface area contributed by atoms with Crippen LogP contribution in [0.25, 0.3) is 11.5 Å². The molecule has 4 heteroatoms. The van der Waals surface area contributed by atoms with Crippen molar-refractivity contribution in [1.82, 2.24) is 14.3 Å². The predicted octanol–water partition coefficient (Wildman–Crippen LogP) is 2.16. The molecular weight excluding hydrogens is 226 g/mol. The molecule has 18 heavy (non-hydrogen) atoms. The third kappa shape index (κ3) is 1.72. The fourth-order valence-corrected chi connectivity index (χ4v) is 2.00. The summed E-state index contributed by atoms with van der Waals surface area (Å²) in [5, 5.41) is 13.8. The van der Waals surface area contributed by atoms with Crippen molar-refractivity contribution in [2.24, 2.45) is 0 Å². The number of aliphatic hydroxyl groups is 1. The summed E-state index contributed by atoms with van der Waals surface area (Å²) in [5.74, 6) is 0.869. The first-order valence-corrected chi connectivity index (χ1v) is 5.76. The van der Waals surface area contributed by atoms with Crippen LogP contribution >= 0.6 is 0 Å². The van der Waals surface area contributed by atoms with E-state index in [1.807, 2.05) is 64.1 Å². The summed E-state index contributed by atoms with van der Waals surface area (Å²) < 4.78 is 3.77. The zero-order valence-corrected chi connectivity index (χ0v) is 9.77. The number of para-hydroxylation sites is 1. The molecule has 3 rings (SSSR count). The van der Waals surface area contributed by atoms with Gasteiger partial charge < -0.3 is 9.67 Å². The molecule has 0 aliphatic heterocycles. The summed E-state index contributed by atoms with van der Waals surface area (Å²) in [7, 11) is 0. The minimum atomic E-state index is -0.0274. The van der Waals surface area contributed by atoms with Crippen molar-refractivity contribution in [3.8, 4) is 11.5 Å². The van der Waals surface area contributed by atoms with E-state index in [0.717, 1.165) is 17.1 Å². The predicted molar refractivity (Wildman–Crippen MR) is 68.8 cm³/mol. The van der Waals surface area contributed by atoms with Crippen molar-refractivity contribution in [3.63, 3.8) is 0 Å². The minimum absolute atomic E-state index is 0.0274. The molecule has 0 fully saturated rings. The van der Waals surface area contributed by atoms with Crippen LogP contribution in [0.1, 0.15) is 5.56 Å². The smallest absolute Gasteiger partial charge is 0.145 e.